The highest BCUT2D eigenvalue weighted by Gasteiger charge is 2.35. The Morgan fingerprint density at radius 1 is 1.12 bits per heavy atom. The average Bonchev–Trinajstić information content (AvgIpc) is 3.19. The predicted molar refractivity (Wildman–Crippen MR) is 134 cm³/mol. The topological polar surface area (TPSA) is 73.6 Å². The number of ether oxygens (including phenoxy) is 2. The first-order valence-corrected chi connectivity index (χ1v) is 12.7. The fraction of sp³-hybridized carbons (Fsp3) is 0.407. The van der Waals surface area contributed by atoms with Crippen LogP contribution in [0, 0.1) is 13.8 Å². The molecule has 1 aliphatic heterocycles. The van der Waals surface area contributed by atoms with E-state index in [-0.39, 0.29) is 11.3 Å². The molecule has 1 aromatic heterocycles. The zero-order valence-electron chi connectivity index (χ0n) is 20.1. The standard InChI is InChI=1S/C27H32N2O4S/c1-4-32-22-11-9-21(10-12-22)27(13-15-31-16-14-27)18-28-26(30)23-7-5-6-8-25(23)34-17-24-19(2)29-33-20(24)3/h5-12H,4,13-18H2,1-3H3,(H,28,30). The smallest absolute Gasteiger partial charge is 0.252 e. The van der Waals surface area contributed by atoms with Gasteiger partial charge in [0.15, 0.2) is 0 Å². The molecule has 0 bridgehead atoms. The minimum absolute atomic E-state index is 0.0568. The second-order valence-corrected chi connectivity index (χ2v) is 9.64. The third kappa shape index (κ3) is 5.47. The molecule has 2 heterocycles. The molecule has 0 saturated carbocycles. The van der Waals surface area contributed by atoms with Gasteiger partial charge in [-0.3, -0.25) is 4.79 Å². The lowest BCUT2D eigenvalue weighted by Crippen LogP contribution is -2.44. The summed E-state index contributed by atoms with van der Waals surface area (Å²) >= 11 is 1.63. The Morgan fingerprint density at radius 2 is 1.85 bits per heavy atom. The number of thioether (sulfide) groups is 1. The molecule has 2 aromatic carbocycles. The summed E-state index contributed by atoms with van der Waals surface area (Å²) in [6.07, 6.45) is 1.73. The van der Waals surface area contributed by atoms with Crippen molar-refractivity contribution >= 4 is 17.7 Å². The average molecular weight is 481 g/mol. The van der Waals surface area contributed by atoms with Gasteiger partial charge in [0, 0.05) is 41.4 Å². The van der Waals surface area contributed by atoms with Crippen LogP contribution >= 0.6 is 11.8 Å². The van der Waals surface area contributed by atoms with E-state index in [0.717, 1.165) is 40.5 Å². The minimum atomic E-state index is -0.155. The third-order valence-corrected chi connectivity index (χ3v) is 7.60. The van der Waals surface area contributed by atoms with Gasteiger partial charge in [-0.15, -0.1) is 11.8 Å². The summed E-state index contributed by atoms with van der Waals surface area (Å²) in [7, 11) is 0. The molecule has 3 aromatic rings. The Labute approximate surface area is 205 Å². The highest BCUT2D eigenvalue weighted by atomic mass is 32.2. The predicted octanol–water partition coefficient (Wildman–Crippen LogP) is 5.46. The number of nitrogens with one attached hydrogen (secondary N) is 1. The van der Waals surface area contributed by atoms with Crippen LogP contribution in [0.4, 0.5) is 0 Å². The van der Waals surface area contributed by atoms with Gasteiger partial charge in [0.05, 0.1) is 17.9 Å². The van der Waals surface area contributed by atoms with Crippen LogP contribution in [0.5, 0.6) is 5.75 Å². The highest BCUT2D eigenvalue weighted by molar-refractivity contribution is 7.98. The second-order valence-electron chi connectivity index (χ2n) is 8.62. The zero-order valence-corrected chi connectivity index (χ0v) is 20.9. The van der Waals surface area contributed by atoms with Crippen molar-refractivity contribution in [1.82, 2.24) is 10.5 Å². The van der Waals surface area contributed by atoms with Crippen LogP contribution in [0.3, 0.4) is 0 Å². The Balaban J connectivity index is 1.48. The maximum atomic E-state index is 13.3. The molecular weight excluding hydrogens is 448 g/mol. The molecule has 1 saturated heterocycles. The number of rotatable bonds is 9. The van der Waals surface area contributed by atoms with Crippen LogP contribution in [0.25, 0.3) is 0 Å². The SMILES string of the molecule is CCOc1ccc(C2(CNC(=O)c3ccccc3SCc3c(C)noc3C)CCOCC2)cc1. The normalized spacial score (nSPS) is 15.1. The maximum Gasteiger partial charge on any atom is 0.252 e. The van der Waals surface area contributed by atoms with Crippen LogP contribution in [0.1, 0.15) is 52.7 Å². The fourth-order valence-corrected chi connectivity index (χ4v) is 5.59. The number of amides is 1. The van der Waals surface area contributed by atoms with E-state index in [9.17, 15) is 4.79 Å². The van der Waals surface area contributed by atoms with Crippen molar-refractivity contribution in [2.24, 2.45) is 0 Å². The fourth-order valence-electron chi connectivity index (χ4n) is 4.38. The summed E-state index contributed by atoms with van der Waals surface area (Å²) in [4.78, 5) is 14.3. The van der Waals surface area contributed by atoms with Gasteiger partial charge in [-0.2, -0.15) is 0 Å². The first-order chi connectivity index (χ1) is 16.5. The first-order valence-electron chi connectivity index (χ1n) is 11.8. The Bertz CT molecular complexity index is 1080. The van der Waals surface area contributed by atoms with Gasteiger partial charge in [0.25, 0.3) is 5.91 Å². The molecule has 180 valence electrons. The number of hydrogen-bond donors (Lipinski definition) is 1. The molecule has 4 rings (SSSR count). The molecule has 0 spiro atoms. The van der Waals surface area contributed by atoms with E-state index in [1.165, 1.54) is 5.56 Å². The molecule has 0 aliphatic carbocycles. The number of benzene rings is 2. The quantitative estimate of drug-likeness (QED) is 0.410. The van der Waals surface area contributed by atoms with Crippen molar-refractivity contribution in [2.75, 3.05) is 26.4 Å². The summed E-state index contributed by atoms with van der Waals surface area (Å²) in [5.41, 5.74) is 3.71. The van der Waals surface area contributed by atoms with E-state index in [1.54, 1.807) is 11.8 Å². The molecule has 1 N–H and O–H groups in total. The summed E-state index contributed by atoms with van der Waals surface area (Å²) in [6.45, 7) is 8.42. The van der Waals surface area contributed by atoms with E-state index in [0.29, 0.717) is 37.7 Å². The lowest BCUT2D eigenvalue weighted by molar-refractivity contribution is 0.0486. The number of carbonyl (C=O) groups excluding carboxylic acids is 1. The number of aromatic nitrogens is 1. The number of carbonyl (C=O) groups is 1. The number of nitrogens with zero attached hydrogens (tertiary/aromatic N) is 1. The molecule has 1 amide bonds. The van der Waals surface area contributed by atoms with Gasteiger partial charge >= 0.3 is 0 Å². The molecule has 7 heteroatoms. The van der Waals surface area contributed by atoms with E-state index in [1.807, 2.05) is 57.2 Å². The minimum Gasteiger partial charge on any atom is -0.494 e. The third-order valence-electron chi connectivity index (χ3n) is 6.50. The van der Waals surface area contributed by atoms with Crippen molar-refractivity contribution in [3.63, 3.8) is 0 Å². The molecule has 0 unspecified atom stereocenters. The molecule has 1 fully saturated rings. The van der Waals surface area contributed by atoms with Gasteiger partial charge in [0.2, 0.25) is 0 Å². The zero-order chi connectivity index (χ0) is 24.0. The van der Waals surface area contributed by atoms with Crippen LogP contribution in [0.2, 0.25) is 0 Å². The van der Waals surface area contributed by atoms with Crippen molar-refractivity contribution in [3.8, 4) is 5.75 Å². The lowest BCUT2D eigenvalue weighted by Gasteiger charge is -2.38. The monoisotopic (exact) mass is 480 g/mol. The van der Waals surface area contributed by atoms with Crippen LogP contribution in [-0.4, -0.2) is 37.4 Å². The van der Waals surface area contributed by atoms with Crippen LogP contribution in [-0.2, 0) is 15.9 Å². The number of hydrogen-bond acceptors (Lipinski definition) is 6. The van der Waals surface area contributed by atoms with E-state index < -0.39 is 0 Å². The van der Waals surface area contributed by atoms with E-state index in [4.69, 9.17) is 14.0 Å². The first kappa shape index (κ1) is 24.4. The lowest BCUT2D eigenvalue weighted by atomic mass is 9.74. The summed E-state index contributed by atoms with van der Waals surface area (Å²) in [5, 5.41) is 7.27. The Hall–Kier alpha value is -2.77. The van der Waals surface area contributed by atoms with E-state index in [2.05, 4.69) is 22.6 Å². The Kier molecular flexibility index (Phi) is 7.95. The number of aryl methyl sites for hydroxylation is 2. The van der Waals surface area contributed by atoms with Crippen molar-refractivity contribution in [2.45, 2.75) is 49.7 Å². The molecule has 34 heavy (non-hydrogen) atoms. The van der Waals surface area contributed by atoms with Gasteiger partial charge in [-0.05, 0) is 63.4 Å². The Morgan fingerprint density at radius 3 is 2.53 bits per heavy atom. The van der Waals surface area contributed by atoms with Gasteiger partial charge in [0.1, 0.15) is 11.5 Å². The summed E-state index contributed by atoms with van der Waals surface area (Å²) in [5.74, 6) is 2.34. The highest BCUT2D eigenvalue weighted by Crippen LogP contribution is 2.35. The molecule has 6 nitrogen and oxygen atoms in total. The second kappa shape index (κ2) is 11.1. The van der Waals surface area contributed by atoms with Crippen LogP contribution < -0.4 is 10.1 Å². The van der Waals surface area contributed by atoms with Gasteiger partial charge < -0.3 is 19.3 Å². The van der Waals surface area contributed by atoms with Crippen LogP contribution in [0.15, 0.2) is 57.9 Å². The maximum absolute atomic E-state index is 13.3. The van der Waals surface area contributed by atoms with Gasteiger partial charge in [-0.1, -0.05) is 29.4 Å². The molecule has 0 radical (unpaired) electrons. The molecular formula is C27H32N2O4S. The van der Waals surface area contributed by atoms with Crippen molar-refractivity contribution in [3.05, 3.63) is 76.7 Å². The van der Waals surface area contributed by atoms with Gasteiger partial charge in [-0.25, -0.2) is 0 Å². The van der Waals surface area contributed by atoms with E-state index >= 15 is 0 Å². The molecule has 0 atom stereocenters. The summed E-state index contributed by atoms with van der Waals surface area (Å²) < 4.78 is 16.5. The van der Waals surface area contributed by atoms with Crippen molar-refractivity contribution < 1.29 is 18.8 Å². The van der Waals surface area contributed by atoms with Crippen molar-refractivity contribution in [1.29, 1.82) is 0 Å². The molecule has 1 aliphatic rings. The summed E-state index contributed by atoms with van der Waals surface area (Å²) in [6, 6.07) is 16.0. The largest absolute Gasteiger partial charge is 0.494 e.